The number of nitrogens with zero attached hydrogens (tertiary/aromatic N) is 2. The molecule has 1 amide bonds. The fourth-order valence-electron chi connectivity index (χ4n) is 4.21. The SMILES string of the molecule is CCCN1[C@H](CO)[C@H](c2ccccc2)C12CN(C(C)=O)C2. The van der Waals surface area contributed by atoms with Crippen molar-refractivity contribution in [2.24, 2.45) is 0 Å². The van der Waals surface area contributed by atoms with Crippen molar-refractivity contribution in [1.29, 1.82) is 0 Å². The van der Waals surface area contributed by atoms with Crippen LogP contribution in [0.2, 0.25) is 0 Å². The second-order valence-electron chi connectivity index (χ2n) is 6.31. The van der Waals surface area contributed by atoms with Crippen LogP contribution in [0.3, 0.4) is 0 Å². The normalized spacial score (nSPS) is 27.3. The van der Waals surface area contributed by atoms with Gasteiger partial charge in [0.25, 0.3) is 0 Å². The lowest BCUT2D eigenvalue weighted by Gasteiger charge is -2.70. The average molecular weight is 288 g/mol. The first-order valence-corrected chi connectivity index (χ1v) is 7.82. The van der Waals surface area contributed by atoms with Crippen molar-refractivity contribution in [3.8, 4) is 0 Å². The molecule has 21 heavy (non-hydrogen) atoms. The van der Waals surface area contributed by atoms with Crippen LogP contribution in [0.1, 0.15) is 31.7 Å². The van der Waals surface area contributed by atoms with Gasteiger partial charge in [-0.05, 0) is 18.5 Å². The maximum Gasteiger partial charge on any atom is 0.219 e. The Morgan fingerprint density at radius 3 is 2.52 bits per heavy atom. The summed E-state index contributed by atoms with van der Waals surface area (Å²) < 4.78 is 0. The van der Waals surface area contributed by atoms with Gasteiger partial charge in [0.05, 0.1) is 12.1 Å². The van der Waals surface area contributed by atoms with Crippen molar-refractivity contribution in [2.45, 2.75) is 37.8 Å². The Hall–Kier alpha value is -1.39. The molecule has 4 nitrogen and oxygen atoms in total. The number of amides is 1. The highest BCUT2D eigenvalue weighted by Gasteiger charge is 2.65. The Kier molecular flexibility index (Phi) is 3.76. The summed E-state index contributed by atoms with van der Waals surface area (Å²) in [6.07, 6.45) is 1.07. The molecule has 2 aliphatic rings. The van der Waals surface area contributed by atoms with E-state index in [9.17, 15) is 9.90 Å². The lowest BCUT2D eigenvalue weighted by molar-refractivity contribution is -0.195. The monoisotopic (exact) mass is 288 g/mol. The van der Waals surface area contributed by atoms with E-state index in [4.69, 9.17) is 0 Å². The molecule has 1 N–H and O–H groups in total. The average Bonchev–Trinajstić information content (AvgIpc) is 2.42. The molecule has 0 aromatic heterocycles. The lowest BCUT2D eigenvalue weighted by Crippen LogP contribution is -2.84. The Bertz CT molecular complexity index is 511. The molecule has 0 unspecified atom stereocenters. The van der Waals surface area contributed by atoms with Crippen LogP contribution in [-0.2, 0) is 4.79 Å². The van der Waals surface area contributed by atoms with E-state index < -0.39 is 0 Å². The van der Waals surface area contributed by atoms with Crippen molar-refractivity contribution in [3.05, 3.63) is 35.9 Å². The van der Waals surface area contributed by atoms with Crippen molar-refractivity contribution in [1.82, 2.24) is 9.80 Å². The molecule has 1 aromatic rings. The summed E-state index contributed by atoms with van der Waals surface area (Å²) in [6, 6.07) is 10.6. The van der Waals surface area contributed by atoms with Gasteiger partial charge in [-0.1, -0.05) is 37.3 Å². The van der Waals surface area contributed by atoms with E-state index >= 15 is 0 Å². The summed E-state index contributed by atoms with van der Waals surface area (Å²) in [6.45, 7) is 6.55. The van der Waals surface area contributed by atoms with Gasteiger partial charge in [0, 0.05) is 32.0 Å². The summed E-state index contributed by atoms with van der Waals surface area (Å²) >= 11 is 0. The van der Waals surface area contributed by atoms with Crippen LogP contribution in [0.15, 0.2) is 30.3 Å². The molecular weight excluding hydrogens is 264 g/mol. The molecular formula is C17H24N2O2. The first-order chi connectivity index (χ1) is 10.1. The number of carbonyl (C=O) groups is 1. The van der Waals surface area contributed by atoms with Gasteiger partial charge in [-0.25, -0.2) is 0 Å². The van der Waals surface area contributed by atoms with Gasteiger partial charge < -0.3 is 10.0 Å². The molecule has 0 radical (unpaired) electrons. The maximum absolute atomic E-state index is 11.6. The van der Waals surface area contributed by atoms with Crippen molar-refractivity contribution >= 4 is 5.91 Å². The van der Waals surface area contributed by atoms with E-state index in [2.05, 4.69) is 36.1 Å². The molecule has 4 heteroatoms. The summed E-state index contributed by atoms with van der Waals surface area (Å²) in [5, 5.41) is 9.82. The number of carbonyl (C=O) groups excluding carboxylic acids is 1. The molecule has 3 rings (SSSR count). The molecule has 2 heterocycles. The number of benzene rings is 1. The van der Waals surface area contributed by atoms with Crippen LogP contribution in [0, 0.1) is 0 Å². The van der Waals surface area contributed by atoms with E-state index in [0.717, 1.165) is 26.1 Å². The standard InChI is InChI=1S/C17H24N2O2/c1-3-9-19-15(10-20)16(14-7-5-4-6-8-14)17(19)11-18(12-17)13(2)21/h4-8,15-16,20H,3,9-12H2,1-2H3/t15-,16+/m1/s1. The van der Waals surface area contributed by atoms with Gasteiger partial charge in [0.15, 0.2) is 0 Å². The van der Waals surface area contributed by atoms with Crippen molar-refractivity contribution in [3.63, 3.8) is 0 Å². The summed E-state index contributed by atoms with van der Waals surface area (Å²) in [7, 11) is 0. The molecule has 2 saturated heterocycles. The topological polar surface area (TPSA) is 43.8 Å². The molecule has 0 bridgehead atoms. The van der Waals surface area contributed by atoms with Crippen LogP contribution in [0.25, 0.3) is 0 Å². The lowest BCUT2D eigenvalue weighted by atomic mass is 9.60. The molecule has 1 aromatic carbocycles. The van der Waals surface area contributed by atoms with Crippen LogP contribution >= 0.6 is 0 Å². The van der Waals surface area contributed by atoms with Gasteiger partial charge in [0.2, 0.25) is 5.91 Å². The summed E-state index contributed by atoms with van der Waals surface area (Å²) in [5.41, 5.74) is 1.32. The zero-order valence-corrected chi connectivity index (χ0v) is 12.8. The maximum atomic E-state index is 11.6. The Labute approximate surface area is 126 Å². The van der Waals surface area contributed by atoms with E-state index in [1.54, 1.807) is 6.92 Å². The summed E-state index contributed by atoms with van der Waals surface area (Å²) in [5.74, 6) is 0.474. The van der Waals surface area contributed by atoms with E-state index in [1.807, 2.05) is 11.0 Å². The third kappa shape index (κ3) is 2.09. The predicted octanol–water partition coefficient (Wildman–Crippen LogP) is 1.46. The van der Waals surface area contributed by atoms with Gasteiger partial charge in [0.1, 0.15) is 0 Å². The number of hydrogen-bond donors (Lipinski definition) is 1. The molecule has 2 aliphatic heterocycles. The molecule has 2 atom stereocenters. The Morgan fingerprint density at radius 2 is 2.00 bits per heavy atom. The first-order valence-electron chi connectivity index (χ1n) is 7.82. The zero-order valence-electron chi connectivity index (χ0n) is 12.8. The van der Waals surface area contributed by atoms with Crippen LogP contribution < -0.4 is 0 Å². The first kappa shape index (κ1) is 14.5. The minimum absolute atomic E-state index is 0.0381. The minimum atomic E-state index is 0.0381. The largest absolute Gasteiger partial charge is 0.395 e. The van der Waals surface area contributed by atoms with Crippen molar-refractivity contribution < 1.29 is 9.90 Å². The molecule has 1 spiro atoms. The van der Waals surface area contributed by atoms with Gasteiger partial charge in [-0.3, -0.25) is 9.69 Å². The highest BCUT2D eigenvalue weighted by molar-refractivity contribution is 5.75. The molecule has 0 saturated carbocycles. The second kappa shape index (κ2) is 5.43. The smallest absolute Gasteiger partial charge is 0.219 e. The van der Waals surface area contributed by atoms with Crippen LogP contribution in [-0.4, -0.2) is 58.6 Å². The molecule has 0 aliphatic carbocycles. The quantitative estimate of drug-likeness (QED) is 0.912. The highest BCUT2D eigenvalue weighted by Crippen LogP contribution is 2.53. The zero-order chi connectivity index (χ0) is 15.0. The van der Waals surface area contributed by atoms with Gasteiger partial charge >= 0.3 is 0 Å². The fraction of sp³-hybridized carbons (Fsp3) is 0.588. The minimum Gasteiger partial charge on any atom is -0.395 e. The van der Waals surface area contributed by atoms with E-state index in [0.29, 0.717) is 5.92 Å². The fourth-order valence-corrected chi connectivity index (χ4v) is 4.21. The Balaban J connectivity index is 1.88. The second-order valence-corrected chi connectivity index (χ2v) is 6.31. The Morgan fingerprint density at radius 1 is 1.33 bits per heavy atom. The number of aliphatic hydroxyl groups excluding tert-OH is 1. The van der Waals surface area contributed by atoms with Crippen molar-refractivity contribution in [2.75, 3.05) is 26.2 Å². The van der Waals surface area contributed by atoms with Crippen LogP contribution in [0.4, 0.5) is 0 Å². The van der Waals surface area contributed by atoms with E-state index in [-0.39, 0.29) is 24.1 Å². The predicted molar refractivity (Wildman–Crippen MR) is 82.0 cm³/mol. The van der Waals surface area contributed by atoms with Gasteiger partial charge in [-0.2, -0.15) is 0 Å². The number of likely N-dealkylation sites (tertiary alicyclic amines) is 2. The third-order valence-corrected chi connectivity index (χ3v) is 5.12. The number of hydrogen-bond acceptors (Lipinski definition) is 3. The van der Waals surface area contributed by atoms with Crippen LogP contribution in [0.5, 0.6) is 0 Å². The van der Waals surface area contributed by atoms with Gasteiger partial charge in [-0.15, -0.1) is 0 Å². The number of aliphatic hydroxyl groups is 1. The summed E-state index contributed by atoms with van der Waals surface area (Å²) in [4.78, 5) is 15.9. The molecule has 114 valence electrons. The third-order valence-electron chi connectivity index (χ3n) is 5.12. The highest BCUT2D eigenvalue weighted by atomic mass is 16.3. The number of rotatable bonds is 4. The van der Waals surface area contributed by atoms with E-state index in [1.165, 1.54) is 5.56 Å². The molecule has 2 fully saturated rings.